The zero-order chi connectivity index (χ0) is 60.0. The van der Waals surface area contributed by atoms with Gasteiger partial charge in [-0.15, -0.1) is 0 Å². The van der Waals surface area contributed by atoms with Gasteiger partial charge in [0.25, 0.3) is 15.6 Å². The first-order valence-electron chi connectivity index (χ1n) is 27.2. The van der Waals surface area contributed by atoms with Gasteiger partial charge in [-0.1, -0.05) is 109 Å². The minimum atomic E-state index is -5.95. The molecule has 4 rings (SSSR count). The average molecular weight is 1230 g/mol. The van der Waals surface area contributed by atoms with Gasteiger partial charge in [0.2, 0.25) is 11.8 Å². The van der Waals surface area contributed by atoms with Crippen molar-refractivity contribution in [3.8, 4) is 0 Å². The third kappa shape index (κ3) is 25.7. The number of nitrogen functional groups attached to an aromatic ring is 1. The summed E-state index contributed by atoms with van der Waals surface area (Å²) in [5.41, 5.74) is 4.04. The Morgan fingerprint density at radius 1 is 0.840 bits per heavy atom. The topological polar surface area (TPSA) is 451 Å². The summed E-state index contributed by atoms with van der Waals surface area (Å²) < 4.78 is 72.4. The monoisotopic (exact) mass is 1230 g/mol. The Hall–Kier alpha value is -2.93. The molecule has 2 aliphatic heterocycles. The molecule has 0 saturated carbocycles. The minimum Gasteiger partial charge on any atom is -0.790 e. The number of ether oxygens (including phenoxy) is 3. The van der Waals surface area contributed by atoms with Gasteiger partial charge >= 0.3 is 0 Å². The van der Waals surface area contributed by atoms with Crippen LogP contribution in [-0.2, 0) is 65.0 Å². The van der Waals surface area contributed by atoms with Crippen molar-refractivity contribution in [1.82, 2.24) is 30.2 Å². The molecule has 33 heteroatoms. The van der Waals surface area contributed by atoms with E-state index in [1.165, 1.54) is 58.8 Å². The third-order valence-electron chi connectivity index (χ3n) is 13.5. The number of nitrogens with zero attached hydrogens (tertiary/aromatic N) is 4. The van der Waals surface area contributed by atoms with Crippen molar-refractivity contribution >= 4 is 74.9 Å². The molecule has 0 radical (unpaired) electrons. The van der Waals surface area contributed by atoms with E-state index in [2.05, 4.69) is 43.5 Å². The summed E-state index contributed by atoms with van der Waals surface area (Å²) >= 11 is 0.916. The first-order valence-corrected chi connectivity index (χ1v) is 32.6. The number of thioether (sulfide) groups is 1. The van der Waals surface area contributed by atoms with Crippen molar-refractivity contribution in [2.75, 3.05) is 37.8 Å². The number of hydrogen-bond acceptors (Lipinski definition) is 27. The Labute approximate surface area is 475 Å². The highest BCUT2D eigenvalue weighted by molar-refractivity contribution is 8.13. The largest absolute Gasteiger partial charge is 0.790 e. The van der Waals surface area contributed by atoms with E-state index in [1.54, 1.807) is 6.92 Å². The molecule has 12 atom stereocenters. The molecular weight excluding hydrogens is 1150 g/mol. The number of nitrogens with two attached hydrogens (primary N) is 1. The van der Waals surface area contributed by atoms with Crippen LogP contribution < -0.4 is 35.9 Å². The van der Waals surface area contributed by atoms with Crippen LogP contribution in [0.4, 0.5) is 5.82 Å². The van der Waals surface area contributed by atoms with Gasteiger partial charge in [-0.05, 0) is 26.7 Å². The maximum Gasteiger partial charge on any atom is 0.274 e. The number of aliphatic hydroxyl groups excluding tert-OH is 4. The number of ketones is 1. The number of carbonyl (C=O) groups excluding carboxylic acids is 4. The van der Waals surface area contributed by atoms with Crippen LogP contribution in [0, 0.1) is 5.41 Å². The van der Waals surface area contributed by atoms with Gasteiger partial charge in [0.1, 0.15) is 48.1 Å². The van der Waals surface area contributed by atoms with Crippen molar-refractivity contribution in [3.63, 3.8) is 0 Å². The van der Waals surface area contributed by atoms with E-state index in [1.807, 2.05) is 6.92 Å². The van der Waals surface area contributed by atoms with Crippen LogP contribution in [0.1, 0.15) is 156 Å². The first-order chi connectivity index (χ1) is 38.1. The van der Waals surface area contributed by atoms with Gasteiger partial charge in [0.15, 0.2) is 29.1 Å². The molecule has 0 bridgehead atoms. The lowest BCUT2D eigenvalue weighted by molar-refractivity contribution is -0.347. The van der Waals surface area contributed by atoms with Crippen LogP contribution >= 0.6 is 35.2 Å². The fourth-order valence-electron chi connectivity index (χ4n) is 8.81. The van der Waals surface area contributed by atoms with E-state index in [0.29, 0.717) is 6.42 Å². The van der Waals surface area contributed by atoms with Crippen LogP contribution in [0.2, 0.25) is 0 Å². The van der Waals surface area contributed by atoms with Gasteiger partial charge in [-0.2, -0.15) is 0 Å². The van der Waals surface area contributed by atoms with Crippen molar-refractivity contribution < 1.29 is 105 Å². The van der Waals surface area contributed by atoms with Crippen LogP contribution in [0.5, 0.6) is 0 Å². The maximum absolute atomic E-state index is 12.7. The molecule has 29 nitrogen and oxygen atoms in total. The number of hydrogen-bond donors (Lipinski definition) is 7. The number of fused-ring (bicyclic) bond motifs is 1. The second kappa shape index (κ2) is 34.3. The molecule has 81 heavy (non-hydrogen) atoms. The highest BCUT2D eigenvalue weighted by Gasteiger charge is 2.47. The standard InChI is InChI=1S/C48H84N7O22P3S/c1-31(73-47-35(58)26-34(57)32(2)74-47)19-17-15-13-11-9-7-5-6-8-10-12-14-16-18-20-33(56)25-38(60)81-24-23-50-37(59)21-22-51-45(63)42(62)48(3,4)28-72-80(69,70)77-79(67,68)71-27-36-41(76-78(64,65)66)40(61)46(75-36)55-30-54-39-43(49)52-29-53-44(39)55/h29-32,34-36,40-42,46-47,57-58,61-62H,5-28H2,1-4H3,(H,50,59)(H,51,63)(H,67,68)(H,69,70)(H2,49,52,53)(H2,64,65,66)/p-4/t31-,32+,34-,35-,36-,40-,41-,42+,46-,47-/m1/s1. The number of Topliss-reactive ketones (excluding diaryl/α,β-unsaturated/α-hetero) is 1. The number of carbonyl (C=O) groups is 4. The van der Waals surface area contributed by atoms with Crippen LogP contribution in [0.15, 0.2) is 12.7 Å². The van der Waals surface area contributed by atoms with E-state index in [0.717, 1.165) is 80.4 Å². The molecule has 464 valence electrons. The summed E-state index contributed by atoms with van der Waals surface area (Å²) in [5.74, 6) is -1.57. The SMILES string of the molecule is C[C@H](CCCCCCCCCCCCCCCCC(=O)CC(=O)SCCNC(=O)CCNC(=O)[C@H](O)C(C)(C)COP(=O)([O-])OP(=O)([O-])OC[C@H]1O[C@@H](n2cnc3c(N)ncnc32)[C@H](O)[C@@H]1OP(=O)([O-])[O-])O[C@@H]1O[C@@H](C)[C@H](O)C[C@H]1O. The lowest BCUT2D eigenvalue weighted by atomic mass is 9.87. The molecular formula is C48H80N7O22P3S-4. The summed E-state index contributed by atoms with van der Waals surface area (Å²) in [6.45, 7) is 3.67. The number of amides is 2. The number of nitrogens with one attached hydrogen (secondary N) is 2. The highest BCUT2D eigenvalue weighted by atomic mass is 32.2. The Morgan fingerprint density at radius 2 is 1.44 bits per heavy atom. The number of aromatic nitrogens is 4. The summed E-state index contributed by atoms with van der Waals surface area (Å²) in [6.07, 6.45) is 6.69. The van der Waals surface area contributed by atoms with Gasteiger partial charge in [-0.3, -0.25) is 32.9 Å². The van der Waals surface area contributed by atoms with Crippen LogP contribution in [0.3, 0.4) is 0 Å². The molecule has 2 amide bonds. The second-order valence-electron chi connectivity index (χ2n) is 20.9. The molecule has 2 aliphatic rings. The Kier molecular flexibility index (Phi) is 29.9. The first kappa shape index (κ1) is 70.6. The van der Waals surface area contributed by atoms with Gasteiger partial charge < -0.3 is 88.7 Å². The molecule has 2 aromatic rings. The third-order valence-corrected chi connectivity index (χ3v) is 17.3. The van der Waals surface area contributed by atoms with E-state index in [4.69, 9.17) is 19.9 Å². The van der Waals surface area contributed by atoms with Gasteiger partial charge in [0, 0.05) is 43.5 Å². The molecule has 2 saturated heterocycles. The Balaban J connectivity index is 0.978. The number of anilines is 1. The van der Waals surface area contributed by atoms with Crippen molar-refractivity contribution in [2.24, 2.45) is 5.41 Å². The number of imidazole rings is 1. The van der Waals surface area contributed by atoms with Crippen molar-refractivity contribution in [2.45, 2.75) is 211 Å². The van der Waals surface area contributed by atoms with Crippen LogP contribution in [-0.4, -0.2) is 150 Å². The normalized spacial score (nSPS) is 23.9. The number of rotatable bonds is 40. The van der Waals surface area contributed by atoms with Gasteiger partial charge in [-0.25, -0.2) is 19.3 Å². The average Bonchev–Trinajstić information content (AvgIpc) is 3.99. The lowest BCUT2D eigenvalue weighted by Crippen LogP contribution is -2.48. The molecule has 0 aromatic carbocycles. The van der Waals surface area contributed by atoms with E-state index in [-0.39, 0.29) is 78.2 Å². The molecule has 2 aromatic heterocycles. The van der Waals surface area contributed by atoms with E-state index < -0.39 is 103 Å². The molecule has 8 N–H and O–H groups in total. The zero-order valence-corrected chi connectivity index (χ0v) is 49.7. The summed E-state index contributed by atoms with van der Waals surface area (Å²) in [7, 11) is -17.7. The number of phosphoric acid groups is 3. The summed E-state index contributed by atoms with van der Waals surface area (Å²) in [5, 5.41) is 46.0. The number of aliphatic hydroxyl groups is 4. The predicted octanol–water partition coefficient (Wildman–Crippen LogP) is 1.60. The fraction of sp³-hybridized carbons (Fsp3) is 0.812. The highest BCUT2D eigenvalue weighted by Crippen LogP contribution is 2.56. The lowest BCUT2D eigenvalue weighted by Gasteiger charge is -2.36. The summed E-state index contributed by atoms with van der Waals surface area (Å²) in [6, 6.07) is 0. The van der Waals surface area contributed by atoms with Crippen LogP contribution in [0.25, 0.3) is 11.2 Å². The molecule has 0 spiro atoms. The molecule has 2 unspecified atom stereocenters. The Bertz CT molecular complexity index is 2440. The Morgan fingerprint density at radius 3 is 2.07 bits per heavy atom. The van der Waals surface area contributed by atoms with E-state index >= 15 is 0 Å². The minimum absolute atomic E-state index is 0.0156. The van der Waals surface area contributed by atoms with E-state index in [9.17, 15) is 72.9 Å². The van der Waals surface area contributed by atoms with Gasteiger partial charge in [0.05, 0.1) is 52.1 Å². The maximum atomic E-state index is 12.7. The number of phosphoric ester groups is 3. The predicted molar refractivity (Wildman–Crippen MR) is 283 cm³/mol. The molecule has 2 fully saturated rings. The molecule has 4 heterocycles. The van der Waals surface area contributed by atoms with Crippen molar-refractivity contribution in [3.05, 3.63) is 12.7 Å². The molecule has 0 aliphatic carbocycles. The quantitative estimate of drug-likeness (QED) is 0.0283. The summed E-state index contributed by atoms with van der Waals surface area (Å²) in [4.78, 5) is 110. The smallest absolute Gasteiger partial charge is 0.274 e. The fourth-order valence-corrected chi connectivity index (χ4v) is 12.2. The number of unbranched alkanes of at least 4 members (excludes halogenated alkanes) is 13. The second-order valence-corrected chi connectivity index (χ2v) is 26.2. The van der Waals surface area contributed by atoms with Crippen molar-refractivity contribution in [1.29, 1.82) is 0 Å². The zero-order valence-electron chi connectivity index (χ0n) is 46.2.